The second kappa shape index (κ2) is 1.52. The minimum Gasteiger partial charge on any atom is -0.122 e. The molecule has 39 valence electrons. The van der Waals surface area contributed by atoms with Crippen LogP contribution < -0.4 is 0 Å². The molecule has 1 radical (unpaired) electrons. The van der Waals surface area contributed by atoms with E-state index in [9.17, 15) is 0 Å². The van der Waals surface area contributed by atoms with Gasteiger partial charge in [0, 0.05) is 0 Å². The molecule has 0 aromatic carbocycles. The van der Waals surface area contributed by atoms with Gasteiger partial charge in [-0.25, -0.2) is 0 Å². The lowest BCUT2D eigenvalue weighted by Crippen LogP contribution is -1.88. The Morgan fingerprint density at radius 2 is 2.62 bits per heavy atom. The molecule has 0 amide bonds. The monoisotopic (exact) mass is 121 g/mol. The number of fused-ring (bicyclic) bond motifs is 1. The predicted octanol–water partition coefficient (Wildman–Crippen LogP) is 1.91. The van der Waals surface area contributed by atoms with Gasteiger partial charge in [-0.15, -0.1) is 11.8 Å². The Hall–Kier alpha value is -0.430. The minimum atomic E-state index is 0.606. The summed E-state index contributed by atoms with van der Waals surface area (Å²) in [7, 11) is 0. The number of hydrogen-bond acceptors (Lipinski definition) is 1. The lowest BCUT2D eigenvalue weighted by atomic mass is 10.2. The van der Waals surface area contributed by atoms with Crippen LogP contribution >= 0.6 is 11.8 Å². The van der Waals surface area contributed by atoms with Crippen LogP contribution in [0.3, 0.4) is 0 Å². The normalized spacial score (nSPS) is 31.0. The fraction of sp³-hybridized carbons (Fsp3) is 0.143. The Bertz CT molecular complexity index is 187. The summed E-state index contributed by atoms with van der Waals surface area (Å²) in [6.45, 7) is 0. The van der Waals surface area contributed by atoms with Crippen LogP contribution in [0.2, 0.25) is 0 Å². The molecular formula is C7H5S. The summed E-state index contributed by atoms with van der Waals surface area (Å²) in [6.07, 6.45) is 9.35. The van der Waals surface area contributed by atoms with Crippen molar-refractivity contribution in [2.24, 2.45) is 0 Å². The highest BCUT2D eigenvalue weighted by atomic mass is 32.2. The van der Waals surface area contributed by atoms with Gasteiger partial charge in [0.15, 0.2) is 0 Å². The molecule has 1 heterocycles. The molecule has 1 unspecified atom stereocenters. The van der Waals surface area contributed by atoms with Crippen LogP contribution in [0.25, 0.3) is 0 Å². The first kappa shape index (κ1) is 4.45. The fourth-order valence-electron chi connectivity index (χ4n) is 0.873. The van der Waals surface area contributed by atoms with Crippen molar-refractivity contribution in [3.05, 3.63) is 35.3 Å². The van der Waals surface area contributed by atoms with Gasteiger partial charge < -0.3 is 0 Å². The van der Waals surface area contributed by atoms with Crippen LogP contribution in [0, 0.1) is 6.08 Å². The summed E-state index contributed by atoms with van der Waals surface area (Å²) >= 11 is 1.85. The topological polar surface area (TPSA) is 0 Å². The van der Waals surface area contributed by atoms with Gasteiger partial charge in [-0.1, -0.05) is 12.2 Å². The first-order valence-electron chi connectivity index (χ1n) is 2.58. The van der Waals surface area contributed by atoms with Crippen molar-refractivity contribution in [3.8, 4) is 0 Å². The van der Waals surface area contributed by atoms with E-state index in [1.807, 2.05) is 17.8 Å². The summed E-state index contributed by atoms with van der Waals surface area (Å²) in [4.78, 5) is 0. The van der Waals surface area contributed by atoms with Gasteiger partial charge in [-0.05, 0) is 23.1 Å². The van der Waals surface area contributed by atoms with Gasteiger partial charge in [-0.3, -0.25) is 0 Å². The van der Waals surface area contributed by atoms with Gasteiger partial charge in [0.25, 0.3) is 0 Å². The highest BCUT2D eigenvalue weighted by molar-refractivity contribution is 8.03. The van der Waals surface area contributed by atoms with Crippen molar-refractivity contribution in [3.63, 3.8) is 0 Å². The molecule has 0 saturated carbocycles. The van der Waals surface area contributed by atoms with E-state index >= 15 is 0 Å². The number of hydrogen-bond donors (Lipinski definition) is 0. The molecule has 0 saturated heterocycles. The van der Waals surface area contributed by atoms with Gasteiger partial charge in [0.2, 0.25) is 0 Å². The molecule has 1 aliphatic carbocycles. The third-order valence-corrected chi connectivity index (χ3v) is 2.31. The largest absolute Gasteiger partial charge is 0.122 e. The molecule has 2 aliphatic rings. The average molecular weight is 121 g/mol. The van der Waals surface area contributed by atoms with E-state index in [-0.39, 0.29) is 0 Å². The molecule has 2 rings (SSSR count). The van der Waals surface area contributed by atoms with Crippen molar-refractivity contribution >= 4 is 11.8 Å². The first-order valence-corrected chi connectivity index (χ1v) is 3.52. The highest BCUT2D eigenvalue weighted by Crippen LogP contribution is 2.32. The van der Waals surface area contributed by atoms with Crippen molar-refractivity contribution < 1.29 is 0 Å². The van der Waals surface area contributed by atoms with Gasteiger partial charge in [-0.2, -0.15) is 0 Å². The average Bonchev–Trinajstić information content (AvgIpc) is 2.15. The molecule has 1 heteroatoms. The third-order valence-electron chi connectivity index (χ3n) is 1.31. The van der Waals surface area contributed by atoms with Crippen molar-refractivity contribution in [2.45, 2.75) is 5.25 Å². The van der Waals surface area contributed by atoms with Crippen LogP contribution in [0.5, 0.6) is 0 Å². The molecule has 0 spiro atoms. The van der Waals surface area contributed by atoms with E-state index in [2.05, 4.69) is 23.6 Å². The Morgan fingerprint density at radius 3 is 3.50 bits per heavy atom. The molecule has 0 aromatic heterocycles. The van der Waals surface area contributed by atoms with E-state index in [1.54, 1.807) is 0 Å². The van der Waals surface area contributed by atoms with E-state index in [4.69, 9.17) is 0 Å². The SMILES string of the molecule is [C]1=CC2SC=CC2=C1. The first-order chi connectivity index (χ1) is 3.97. The van der Waals surface area contributed by atoms with Crippen molar-refractivity contribution in [1.29, 1.82) is 0 Å². The smallest absolute Gasteiger partial charge is 0.0527 e. The van der Waals surface area contributed by atoms with Crippen molar-refractivity contribution in [2.75, 3.05) is 0 Å². The Morgan fingerprint density at radius 1 is 1.62 bits per heavy atom. The van der Waals surface area contributed by atoms with Crippen LogP contribution in [-0.2, 0) is 0 Å². The zero-order valence-electron chi connectivity index (χ0n) is 4.29. The van der Waals surface area contributed by atoms with E-state index < -0.39 is 0 Å². The fourth-order valence-corrected chi connectivity index (χ4v) is 1.74. The molecule has 0 bridgehead atoms. The molecule has 0 fully saturated rings. The van der Waals surface area contributed by atoms with Gasteiger partial charge >= 0.3 is 0 Å². The predicted molar refractivity (Wildman–Crippen MR) is 36.4 cm³/mol. The summed E-state index contributed by atoms with van der Waals surface area (Å²) in [6, 6.07) is 0. The second-order valence-electron chi connectivity index (χ2n) is 1.84. The van der Waals surface area contributed by atoms with Crippen LogP contribution in [0.4, 0.5) is 0 Å². The Kier molecular flexibility index (Phi) is 0.847. The zero-order chi connectivity index (χ0) is 5.40. The summed E-state index contributed by atoms with van der Waals surface area (Å²) in [5.74, 6) is 0. The second-order valence-corrected chi connectivity index (χ2v) is 2.89. The quantitative estimate of drug-likeness (QED) is 0.471. The Labute approximate surface area is 53.0 Å². The maximum atomic E-state index is 3.07. The van der Waals surface area contributed by atoms with Crippen LogP contribution in [0.1, 0.15) is 0 Å². The molecule has 1 aliphatic heterocycles. The molecular weight excluding hydrogens is 116 g/mol. The van der Waals surface area contributed by atoms with E-state index in [0.29, 0.717) is 5.25 Å². The third kappa shape index (κ3) is 0.480. The molecule has 1 atom stereocenters. The van der Waals surface area contributed by atoms with Crippen molar-refractivity contribution in [1.82, 2.24) is 0 Å². The molecule has 0 nitrogen and oxygen atoms in total. The van der Waals surface area contributed by atoms with Crippen LogP contribution in [0.15, 0.2) is 29.2 Å². The summed E-state index contributed by atoms with van der Waals surface area (Å²) < 4.78 is 0. The minimum absolute atomic E-state index is 0.606. The van der Waals surface area contributed by atoms with Gasteiger partial charge in [0.05, 0.1) is 5.25 Å². The number of allylic oxidation sites excluding steroid dienone is 3. The lowest BCUT2D eigenvalue weighted by Gasteiger charge is -1.95. The maximum absolute atomic E-state index is 3.07. The summed E-state index contributed by atoms with van der Waals surface area (Å²) in [5.41, 5.74) is 1.40. The van der Waals surface area contributed by atoms with Crippen LogP contribution in [-0.4, -0.2) is 5.25 Å². The standard InChI is InChI=1S/C7H5S/c1-2-6-4-5-8-7(6)3-1/h2-5,7H. The number of rotatable bonds is 0. The van der Waals surface area contributed by atoms with Gasteiger partial charge in [0.1, 0.15) is 0 Å². The maximum Gasteiger partial charge on any atom is 0.0527 e. The molecule has 0 N–H and O–H groups in total. The zero-order valence-corrected chi connectivity index (χ0v) is 5.11. The summed E-state index contributed by atoms with van der Waals surface area (Å²) in [5, 5.41) is 2.74. The molecule has 0 aromatic rings. The van der Waals surface area contributed by atoms with E-state index in [1.165, 1.54) is 5.57 Å². The molecule has 8 heavy (non-hydrogen) atoms. The Balaban J connectivity index is 2.39. The number of thioether (sulfide) groups is 1. The highest BCUT2D eigenvalue weighted by Gasteiger charge is 2.15. The van der Waals surface area contributed by atoms with E-state index in [0.717, 1.165) is 0 Å². The lowest BCUT2D eigenvalue weighted by molar-refractivity contribution is 1.39.